The number of guanidine groups is 1. The van der Waals surface area contributed by atoms with Gasteiger partial charge in [0.1, 0.15) is 30.2 Å². The van der Waals surface area contributed by atoms with Gasteiger partial charge in [-0.1, -0.05) is 66.5 Å². The Morgan fingerprint density at radius 3 is 1.81 bits per heavy atom. The molecule has 0 bridgehead atoms. The lowest BCUT2D eigenvalue weighted by atomic mass is 9.95. The smallest absolute Gasteiger partial charge is 0.269 e. The number of hydrogen-bond donors (Lipinski definition) is 12. The molecule has 2 unspecified atom stereocenters. The van der Waals surface area contributed by atoms with Gasteiger partial charge in [0.15, 0.2) is 17.8 Å². The number of rotatable bonds is 29. The van der Waals surface area contributed by atoms with Crippen LogP contribution in [-0.2, 0) is 44.8 Å². The summed E-state index contributed by atoms with van der Waals surface area (Å²) >= 11 is 0. The van der Waals surface area contributed by atoms with E-state index in [9.17, 15) is 53.6 Å². The molecule has 0 radical (unpaired) electrons. The van der Waals surface area contributed by atoms with Crippen LogP contribution in [0.2, 0.25) is 0 Å². The summed E-state index contributed by atoms with van der Waals surface area (Å²) in [4.78, 5) is 121. The number of carbonyl (C=O) groups excluding carboxylic acids is 8. The molecule has 0 spiro atoms. The second-order valence-electron chi connectivity index (χ2n) is 16.0. The van der Waals surface area contributed by atoms with E-state index < -0.39 is 119 Å². The van der Waals surface area contributed by atoms with Gasteiger partial charge in [0.25, 0.3) is 11.6 Å². The van der Waals surface area contributed by atoms with E-state index >= 15 is 0 Å². The van der Waals surface area contributed by atoms with Crippen molar-refractivity contribution in [3.8, 4) is 0 Å². The second kappa shape index (κ2) is 27.7. The van der Waals surface area contributed by atoms with Crippen molar-refractivity contribution in [1.29, 1.82) is 0 Å². The van der Waals surface area contributed by atoms with Gasteiger partial charge in [-0.3, -0.25) is 53.5 Å². The molecule has 17 N–H and O–H groups in total. The lowest BCUT2D eigenvalue weighted by Gasteiger charge is -2.28. The van der Waals surface area contributed by atoms with E-state index in [1.165, 1.54) is 24.3 Å². The summed E-state index contributed by atoms with van der Waals surface area (Å²) in [7, 11) is 0. The lowest BCUT2D eigenvalue weighted by Crippen LogP contribution is -2.62. The Labute approximate surface area is 371 Å². The van der Waals surface area contributed by atoms with E-state index in [0.717, 1.165) is 0 Å². The minimum absolute atomic E-state index is 0.00263. The number of amides is 7. The number of ketones is 1. The first-order valence-corrected chi connectivity index (χ1v) is 21.0. The van der Waals surface area contributed by atoms with Crippen molar-refractivity contribution in [2.45, 2.75) is 122 Å². The second-order valence-corrected chi connectivity index (χ2v) is 16.0. The number of Topliss-reactive ketones (excluding diaryl/α,β-unsaturated/α-hetero) is 1. The fourth-order valence-electron chi connectivity index (χ4n) is 6.11. The highest BCUT2D eigenvalue weighted by molar-refractivity contribution is 6.11. The van der Waals surface area contributed by atoms with Gasteiger partial charge in [-0.05, 0) is 49.0 Å². The summed E-state index contributed by atoms with van der Waals surface area (Å²) in [5.74, 6) is -8.58. The number of nitro benzene ring substituents is 1. The molecular formula is C40H67N13O11. The molecule has 358 valence electrons. The molecule has 0 aliphatic carbocycles. The minimum Gasteiger partial charge on any atom is -0.394 e. The topological polar surface area (TPSA) is 415 Å². The van der Waals surface area contributed by atoms with Crippen LogP contribution in [0, 0.1) is 27.9 Å². The fourth-order valence-corrected chi connectivity index (χ4v) is 6.11. The van der Waals surface area contributed by atoms with Crippen LogP contribution in [0.15, 0.2) is 29.3 Å². The molecule has 1 rings (SSSR count). The van der Waals surface area contributed by atoms with Crippen molar-refractivity contribution in [2.24, 2.45) is 51.4 Å². The molecule has 24 nitrogen and oxygen atoms in total. The number of carbonyl (C=O) groups is 8. The standard InChI is InChI=1S/C40H67N13O11/c1-7-21(5)30(34(43)57)50-39(62)32(33(56)25(41)17-23-11-13-24(14-12-23)53(63)64)52-36(59)27(10-9-15-46-40(44)45)48-29(55)18-47-38(61)31(22(6)8-2)51-37(60)28(16-20(3)4)49-35(58)26(42)19-54/h11-14,20-22,25-28,30-32,54H,7-10,15-19,41-42H2,1-6H3,(H2,43,57)(H,47,61)(H,48,55)(H,49,58)(H,50,62)(H,51,60)(H,52,59)(H4,44,45,46)/t21?,22?,25-,26-,27-,28-,30-,31-,32-/m0/s1. The van der Waals surface area contributed by atoms with Crippen LogP contribution in [0.5, 0.6) is 0 Å². The number of nitrogens with zero attached hydrogens (tertiary/aromatic N) is 2. The Kier molecular flexibility index (Phi) is 24.1. The van der Waals surface area contributed by atoms with E-state index in [4.69, 9.17) is 28.7 Å². The predicted octanol–water partition coefficient (Wildman–Crippen LogP) is -3.43. The Morgan fingerprint density at radius 2 is 1.30 bits per heavy atom. The SMILES string of the molecule is CCC(C)[C@H](NC(=O)[C@@H](NC(=O)[C@H](CCCN=C(N)N)NC(=O)CNC(=O)[C@@H](NC(=O)[C@H](CC(C)C)NC(=O)[C@@H](N)CO)C(C)CC)C(=O)[C@@H](N)Cc1ccc([N+](=O)[O-])cc1)C(N)=O. The molecule has 0 aliphatic rings. The third kappa shape index (κ3) is 19.0. The number of nitrogens with two attached hydrogens (primary N) is 5. The van der Waals surface area contributed by atoms with Gasteiger partial charge >= 0.3 is 0 Å². The van der Waals surface area contributed by atoms with Crippen LogP contribution >= 0.6 is 0 Å². The normalized spacial score (nSPS) is 15.3. The Morgan fingerprint density at radius 1 is 0.734 bits per heavy atom. The average molecular weight is 906 g/mol. The minimum atomic E-state index is -2.04. The average Bonchev–Trinajstić information content (AvgIpc) is 3.24. The summed E-state index contributed by atoms with van der Waals surface area (Å²) in [6.45, 7) is 9.05. The Hall–Kier alpha value is -6.27. The molecule has 64 heavy (non-hydrogen) atoms. The van der Waals surface area contributed by atoms with Gasteiger partial charge in [0, 0.05) is 18.7 Å². The zero-order chi connectivity index (χ0) is 48.8. The van der Waals surface area contributed by atoms with Crippen LogP contribution in [0.4, 0.5) is 5.69 Å². The number of non-ortho nitro benzene ring substituents is 1. The van der Waals surface area contributed by atoms with Crippen molar-refractivity contribution in [3.05, 3.63) is 39.9 Å². The zero-order valence-corrected chi connectivity index (χ0v) is 37.3. The van der Waals surface area contributed by atoms with Crippen LogP contribution in [0.25, 0.3) is 0 Å². The molecule has 0 saturated carbocycles. The highest BCUT2D eigenvalue weighted by Crippen LogP contribution is 2.15. The number of aliphatic imine (C=N–C) groups is 1. The molecular weight excluding hydrogens is 839 g/mol. The number of aliphatic hydroxyl groups is 1. The highest BCUT2D eigenvalue weighted by Gasteiger charge is 2.37. The molecule has 9 atom stereocenters. The summed E-state index contributed by atoms with van der Waals surface area (Å²) in [6, 6.07) is -4.71. The first kappa shape index (κ1) is 55.7. The van der Waals surface area contributed by atoms with Crippen LogP contribution in [0.1, 0.15) is 79.2 Å². The zero-order valence-electron chi connectivity index (χ0n) is 37.3. The first-order valence-electron chi connectivity index (χ1n) is 21.0. The maximum Gasteiger partial charge on any atom is 0.269 e. The first-order chi connectivity index (χ1) is 30.0. The quantitative estimate of drug-likeness (QED) is 0.00930. The molecule has 0 aromatic heterocycles. The van der Waals surface area contributed by atoms with Gasteiger partial charge < -0.3 is 65.7 Å². The van der Waals surface area contributed by atoms with Crippen LogP contribution < -0.4 is 60.6 Å². The molecule has 0 aliphatic heterocycles. The molecule has 24 heteroatoms. The van der Waals surface area contributed by atoms with Crippen molar-refractivity contribution < 1.29 is 48.4 Å². The van der Waals surface area contributed by atoms with Crippen molar-refractivity contribution in [3.63, 3.8) is 0 Å². The van der Waals surface area contributed by atoms with E-state index in [2.05, 4.69) is 36.9 Å². The van der Waals surface area contributed by atoms with Crippen molar-refractivity contribution in [1.82, 2.24) is 31.9 Å². The lowest BCUT2D eigenvalue weighted by molar-refractivity contribution is -0.384. The Bertz CT molecular complexity index is 1810. The van der Waals surface area contributed by atoms with E-state index in [-0.39, 0.29) is 49.8 Å². The number of hydrogen-bond acceptors (Lipinski definition) is 14. The number of primary amides is 1. The number of benzene rings is 1. The van der Waals surface area contributed by atoms with Gasteiger partial charge in [0.05, 0.1) is 24.1 Å². The summed E-state index contributed by atoms with van der Waals surface area (Å²) in [5.41, 5.74) is 28.4. The fraction of sp³-hybridized carbons (Fsp3) is 0.625. The van der Waals surface area contributed by atoms with Gasteiger partial charge in [0.2, 0.25) is 35.4 Å². The van der Waals surface area contributed by atoms with Crippen molar-refractivity contribution >= 4 is 58.8 Å². The molecule has 1 aromatic carbocycles. The number of nitro groups is 1. The maximum atomic E-state index is 14.0. The largest absolute Gasteiger partial charge is 0.394 e. The molecule has 0 fully saturated rings. The van der Waals surface area contributed by atoms with Gasteiger partial charge in [-0.25, -0.2) is 0 Å². The summed E-state index contributed by atoms with van der Waals surface area (Å²) in [5, 5.41) is 35.2. The van der Waals surface area contributed by atoms with Gasteiger partial charge in [-0.15, -0.1) is 0 Å². The molecule has 0 saturated heterocycles. The monoisotopic (exact) mass is 906 g/mol. The van der Waals surface area contributed by atoms with E-state index in [0.29, 0.717) is 18.4 Å². The number of aliphatic hydroxyl groups excluding tert-OH is 1. The van der Waals surface area contributed by atoms with Gasteiger partial charge in [-0.2, -0.15) is 0 Å². The number of nitrogens with one attached hydrogen (secondary N) is 6. The van der Waals surface area contributed by atoms with Crippen LogP contribution in [0.3, 0.4) is 0 Å². The maximum absolute atomic E-state index is 14.0. The predicted molar refractivity (Wildman–Crippen MR) is 235 cm³/mol. The van der Waals surface area contributed by atoms with E-state index in [1.54, 1.807) is 27.7 Å². The third-order valence-electron chi connectivity index (χ3n) is 10.3. The summed E-state index contributed by atoms with van der Waals surface area (Å²) < 4.78 is 0. The van der Waals surface area contributed by atoms with Crippen LogP contribution in [-0.4, -0.2) is 125 Å². The summed E-state index contributed by atoms with van der Waals surface area (Å²) in [6.07, 6.45) is 0.670. The molecule has 1 aromatic rings. The van der Waals surface area contributed by atoms with E-state index in [1.807, 2.05) is 13.8 Å². The third-order valence-corrected chi connectivity index (χ3v) is 10.3. The molecule has 0 heterocycles. The molecule has 7 amide bonds. The van der Waals surface area contributed by atoms with Crippen molar-refractivity contribution in [2.75, 3.05) is 19.7 Å². The Balaban J connectivity index is 3.42. The highest BCUT2D eigenvalue weighted by atomic mass is 16.6.